The second-order valence-electron chi connectivity index (χ2n) is 6.62. The SMILES string of the molecule is CN1C(=O)/C(=C/c2cc(C3=CC=CCC3)cs2)S/C1=N/c1ccc(C(=O)O)cc1. The third-order valence-electron chi connectivity index (χ3n) is 4.62. The van der Waals surface area contributed by atoms with Gasteiger partial charge < -0.3 is 5.11 Å². The van der Waals surface area contributed by atoms with Crippen molar-refractivity contribution in [2.45, 2.75) is 12.8 Å². The number of carboxylic acids is 1. The van der Waals surface area contributed by atoms with Crippen LogP contribution < -0.4 is 0 Å². The molecule has 1 aliphatic carbocycles. The number of allylic oxidation sites excluding steroid dienone is 4. The Morgan fingerprint density at radius 1 is 1.28 bits per heavy atom. The third-order valence-corrected chi connectivity index (χ3v) is 6.56. The fraction of sp³-hybridized carbons (Fsp3) is 0.136. The Morgan fingerprint density at radius 2 is 2.07 bits per heavy atom. The van der Waals surface area contributed by atoms with Crippen molar-refractivity contribution >= 4 is 57.5 Å². The first-order valence-corrected chi connectivity index (χ1v) is 10.7. The highest BCUT2D eigenvalue weighted by Gasteiger charge is 2.30. The Labute approximate surface area is 176 Å². The van der Waals surface area contributed by atoms with Gasteiger partial charge in [-0.1, -0.05) is 18.2 Å². The molecular formula is C22H18N2O3S2. The molecule has 2 aromatic rings. The van der Waals surface area contributed by atoms with Crippen LogP contribution in [-0.4, -0.2) is 34.1 Å². The van der Waals surface area contributed by atoms with E-state index in [0.29, 0.717) is 15.8 Å². The van der Waals surface area contributed by atoms with Crippen molar-refractivity contribution in [2.24, 2.45) is 4.99 Å². The number of aromatic carboxylic acids is 1. The number of thiophene rings is 1. The second-order valence-corrected chi connectivity index (χ2v) is 8.57. The fourth-order valence-corrected chi connectivity index (χ4v) is 4.93. The summed E-state index contributed by atoms with van der Waals surface area (Å²) < 4.78 is 0. The summed E-state index contributed by atoms with van der Waals surface area (Å²) in [5, 5.41) is 11.7. The minimum Gasteiger partial charge on any atom is -0.478 e. The Kier molecular flexibility index (Phi) is 5.51. The predicted molar refractivity (Wildman–Crippen MR) is 120 cm³/mol. The molecule has 1 aromatic carbocycles. The Hall–Kier alpha value is -2.90. The van der Waals surface area contributed by atoms with Gasteiger partial charge in [0.2, 0.25) is 0 Å². The molecule has 5 nitrogen and oxygen atoms in total. The number of carbonyl (C=O) groups is 2. The molecule has 1 N–H and O–H groups in total. The molecule has 0 bridgehead atoms. The lowest BCUT2D eigenvalue weighted by Crippen LogP contribution is -2.23. The summed E-state index contributed by atoms with van der Waals surface area (Å²) in [6.45, 7) is 0. The van der Waals surface area contributed by atoms with Crippen LogP contribution in [0.4, 0.5) is 5.69 Å². The Morgan fingerprint density at radius 3 is 2.76 bits per heavy atom. The van der Waals surface area contributed by atoms with Gasteiger partial charge in [0.15, 0.2) is 5.17 Å². The minimum atomic E-state index is -0.979. The number of amidine groups is 1. The minimum absolute atomic E-state index is 0.0920. The van der Waals surface area contributed by atoms with E-state index < -0.39 is 5.97 Å². The molecule has 4 rings (SSSR count). The number of amides is 1. The molecule has 1 aliphatic heterocycles. The van der Waals surface area contributed by atoms with Crippen LogP contribution in [0, 0.1) is 0 Å². The molecule has 2 heterocycles. The average Bonchev–Trinajstić information content (AvgIpc) is 3.30. The van der Waals surface area contributed by atoms with Crippen LogP contribution >= 0.6 is 23.1 Å². The number of hydrogen-bond donors (Lipinski definition) is 1. The third kappa shape index (κ3) is 4.26. The first-order valence-electron chi connectivity index (χ1n) is 9.05. The highest BCUT2D eigenvalue weighted by molar-refractivity contribution is 8.18. The van der Waals surface area contributed by atoms with E-state index in [2.05, 4.69) is 34.7 Å². The van der Waals surface area contributed by atoms with Crippen LogP contribution in [-0.2, 0) is 4.79 Å². The van der Waals surface area contributed by atoms with Crippen molar-refractivity contribution < 1.29 is 14.7 Å². The van der Waals surface area contributed by atoms with Crippen LogP contribution in [0.2, 0.25) is 0 Å². The Bertz CT molecular complexity index is 1090. The topological polar surface area (TPSA) is 70.0 Å². The maximum Gasteiger partial charge on any atom is 0.335 e. The molecule has 0 radical (unpaired) electrons. The largest absolute Gasteiger partial charge is 0.478 e. The molecule has 1 fully saturated rings. The Balaban J connectivity index is 1.54. The maximum absolute atomic E-state index is 12.6. The summed E-state index contributed by atoms with van der Waals surface area (Å²) in [5.74, 6) is -1.07. The van der Waals surface area contributed by atoms with E-state index in [1.165, 1.54) is 39.9 Å². The number of rotatable bonds is 4. The summed E-state index contributed by atoms with van der Waals surface area (Å²) >= 11 is 2.95. The number of thioether (sulfide) groups is 1. The summed E-state index contributed by atoms with van der Waals surface area (Å²) in [6, 6.07) is 8.39. The quantitative estimate of drug-likeness (QED) is 0.669. The van der Waals surface area contributed by atoms with Gasteiger partial charge in [0.1, 0.15) is 0 Å². The number of nitrogens with zero attached hydrogens (tertiary/aromatic N) is 2. The molecule has 0 atom stereocenters. The summed E-state index contributed by atoms with van der Waals surface area (Å²) in [7, 11) is 1.69. The molecule has 146 valence electrons. The molecule has 0 saturated carbocycles. The fourth-order valence-electron chi connectivity index (χ4n) is 3.01. The van der Waals surface area contributed by atoms with E-state index in [1.54, 1.807) is 30.5 Å². The van der Waals surface area contributed by atoms with E-state index in [1.807, 2.05) is 6.08 Å². The van der Waals surface area contributed by atoms with Crippen LogP contribution in [0.15, 0.2) is 63.8 Å². The number of carbonyl (C=O) groups excluding carboxylic acids is 1. The molecule has 7 heteroatoms. The van der Waals surface area contributed by atoms with Crippen molar-refractivity contribution in [1.82, 2.24) is 4.90 Å². The standard InChI is InChI=1S/C22H18N2O3S2/c1-24-20(25)19(12-18-11-16(13-28-18)14-5-3-2-4-6-14)29-22(24)23-17-9-7-15(8-10-17)21(26)27/h2-3,5,7-13H,4,6H2,1H3,(H,26,27)/b19-12-,23-22+. The van der Waals surface area contributed by atoms with E-state index in [0.717, 1.165) is 17.7 Å². The van der Waals surface area contributed by atoms with E-state index in [4.69, 9.17) is 5.11 Å². The lowest BCUT2D eigenvalue weighted by atomic mass is 10.00. The lowest BCUT2D eigenvalue weighted by Gasteiger charge is -2.07. The first kappa shape index (κ1) is 19.4. The van der Waals surface area contributed by atoms with E-state index in [9.17, 15) is 9.59 Å². The summed E-state index contributed by atoms with van der Waals surface area (Å²) in [5.41, 5.74) is 3.34. The average molecular weight is 423 g/mol. The van der Waals surface area contributed by atoms with Gasteiger partial charge in [0.05, 0.1) is 16.2 Å². The smallest absolute Gasteiger partial charge is 0.335 e. The molecule has 29 heavy (non-hydrogen) atoms. The number of aliphatic imine (C=N–C) groups is 1. The molecule has 0 spiro atoms. The number of benzene rings is 1. The van der Waals surface area contributed by atoms with Crippen LogP contribution in [0.1, 0.15) is 33.6 Å². The van der Waals surface area contributed by atoms with Gasteiger partial charge in [0.25, 0.3) is 5.91 Å². The molecule has 0 unspecified atom stereocenters. The summed E-state index contributed by atoms with van der Waals surface area (Å²) in [4.78, 5) is 31.3. The molecule has 1 saturated heterocycles. The van der Waals surface area contributed by atoms with Crippen molar-refractivity contribution in [1.29, 1.82) is 0 Å². The monoisotopic (exact) mass is 422 g/mol. The van der Waals surface area contributed by atoms with Crippen molar-refractivity contribution in [3.8, 4) is 0 Å². The predicted octanol–water partition coefficient (Wildman–Crippen LogP) is 5.41. The zero-order valence-corrected chi connectivity index (χ0v) is 17.3. The van der Waals surface area contributed by atoms with Gasteiger partial charge in [-0.25, -0.2) is 9.79 Å². The molecule has 1 amide bonds. The molecular weight excluding hydrogens is 404 g/mol. The van der Waals surface area contributed by atoms with Crippen molar-refractivity contribution in [2.75, 3.05) is 7.05 Å². The maximum atomic E-state index is 12.6. The van der Waals surface area contributed by atoms with Gasteiger partial charge >= 0.3 is 5.97 Å². The van der Waals surface area contributed by atoms with E-state index in [-0.39, 0.29) is 11.5 Å². The van der Waals surface area contributed by atoms with Crippen LogP contribution in [0.25, 0.3) is 11.6 Å². The molecule has 2 aliphatic rings. The lowest BCUT2D eigenvalue weighted by molar-refractivity contribution is -0.121. The highest BCUT2D eigenvalue weighted by Crippen LogP contribution is 2.35. The normalized spacial score (nSPS) is 19.3. The first-order chi connectivity index (χ1) is 14.0. The second kappa shape index (κ2) is 8.23. The van der Waals surface area contributed by atoms with Crippen molar-refractivity contribution in [3.63, 3.8) is 0 Å². The van der Waals surface area contributed by atoms with Crippen LogP contribution in [0.5, 0.6) is 0 Å². The van der Waals surface area contributed by atoms with Crippen LogP contribution in [0.3, 0.4) is 0 Å². The van der Waals surface area contributed by atoms with E-state index >= 15 is 0 Å². The van der Waals surface area contributed by atoms with Gasteiger partial charge in [-0.05, 0) is 77.5 Å². The van der Waals surface area contributed by atoms with Gasteiger partial charge in [-0.15, -0.1) is 11.3 Å². The molecule has 1 aromatic heterocycles. The number of carboxylic acid groups (broad SMARTS) is 1. The van der Waals surface area contributed by atoms with Gasteiger partial charge in [-0.2, -0.15) is 0 Å². The zero-order valence-electron chi connectivity index (χ0n) is 15.7. The number of likely N-dealkylation sites (N-methyl/N-ethyl adjacent to an activating group) is 1. The van der Waals surface area contributed by atoms with Gasteiger partial charge in [-0.3, -0.25) is 9.69 Å². The van der Waals surface area contributed by atoms with Gasteiger partial charge in [0, 0.05) is 11.9 Å². The highest BCUT2D eigenvalue weighted by atomic mass is 32.2. The number of hydrogen-bond acceptors (Lipinski definition) is 5. The zero-order chi connectivity index (χ0) is 20.4. The summed E-state index contributed by atoms with van der Waals surface area (Å²) in [6.07, 6.45) is 10.4. The van der Waals surface area contributed by atoms with Crippen molar-refractivity contribution in [3.05, 3.63) is 74.8 Å².